The lowest BCUT2D eigenvalue weighted by Gasteiger charge is -2.06. The first-order chi connectivity index (χ1) is 7.07. The Kier molecular flexibility index (Phi) is 3.54. The van der Waals surface area contributed by atoms with Crippen molar-refractivity contribution >= 4 is 12.4 Å². The number of nitrogens with zero attached hydrogens (tertiary/aromatic N) is 2. The largest absolute Gasteiger partial charge is 0.416 e. The van der Waals surface area contributed by atoms with Gasteiger partial charge in [0.05, 0.1) is 17.0 Å². The zero-order valence-electron chi connectivity index (χ0n) is 7.82. The van der Waals surface area contributed by atoms with Crippen LogP contribution in [0, 0.1) is 0 Å². The molecule has 0 saturated heterocycles. The van der Waals surface area contributed by atoms with Crippen molar-refractivity contribution in [2.24, 2.45) is 0 Å². The molecule has 2 aromatic rings. The van der Waals surface area contributed by atoms with Gasteiger partial charge in [0, 0.05) is 12.4 Å². The van der Waals surface area contributed by atoms with E-state index in [1.807, 2.05) is 0 Å². The van der Waals surface area contributed by atoms with Crippen LogP contribution in [0.1, 0.15) is 5.56 Å². The lowest BCUT2D eigenvalue weighted by Crippen LogP contribution is -2.05. The third kappa shape index (κ3) is 2.52. The summed E-state index contributed by atoms with van der Waals surface area (Å²) in [6, 6.07) is 3.47. The van der Waals surface area contributed by atoms with Crippen molar-refractivity contribution in [2.75, 3.05) is 0 Å². The zero-order valence-corrected chi connectivity index (χ0v) is 8.64. The summed E-state index contributed by atoms with van der Waals surface area (Å²) in [7, 11) is 0. The van der Waals surface area contributed by atoms with Crippen molar-refractivity contribution in [1.82, 2.24) is 15.2 Å². The second kappa shape index (κ2) is 4.52. The SMILES string of the molecule is Cl.FC(F)(F)c1ccnc(-c2ccn[nH]2)c1. The molecule has 1 N–H and O–H groups in total. The Morgan fingerprint density at radius 3 is 2.44 bits per heavy atom. The number of alkyl halides is 3. The highest BCUT2D eigenvalue weighted by Gasteiger charge is 2.30. The predicted octanol–water partition coefficient (Wildman–Crippen LogP) is 2.91. The van der Waals surface area contributed by atoms with E-state index in [1.165, 1.54) is 6.20 Å². The van der Waals surface area contributed by atoms with E-state index in [1.54, 1.807) is 6.07 Å². The molecule has 7 heteroatoms. The van der Waals surface area contributed by atoms with Gasteiger partial charge in [0.1, 0.15) is 0 Å². The van der Waals surface area contributed by atoms with Crippen molar-refractivity contribution < 1.29 is 13.2 Å². The Balaban J connectivity index is 0.00000128. The third-order valence-corrected chi connectivity index (χ3v) is 1.86. The van der Waals surface area contributed by atoms with Gasteiger partial charge in [0.15, 0.2) is 0 Å². The lowest BCUT2D eigenvalue weighted by atomic mass is 10.2. The number of aromatic nitrogens is 3. The maximum absolute atomic E-state index is 12.4. The molecule has 0 aliphatic heterocycles. The third-order valence-electron chi connectivity index (χ3n) is 1.86. The van der Waals surface area contributed by atoms with Crippen LogP contribution in [-0.4, -0.2) is 15.2 Å². The van der Waals surface area contributed by atoms with Crippen LogP contribution >= 0.6 is 12.4 Å². The Bertz CT molecular complexity index is 453. The van der Waals surface area contributed by atoms with Crippen LogP contribution in [0.5, 0.6) is 0 Å². The smallest absolute Gasteiger partial charge is 0.276 e. The van der Waals surface area contributed by atoms with Gasteiger partial charge in [0.2, 0.25) is 0 Å². The van der Waals surface area contributed by atoms with Crippen molar-refractivity contribution in [3.8, 4) is 11.4 Å². The molecule has 0 fully saturated rings. The standard InChI is InChI=1S/C9H6F3N3.ClH/c10-9(11,12)6-1-3-13-8(5-6)7-2-4-14-15-7;/h1-5H,(H,14,15);1H. The molecule has 0 bridgehead atoms. The van der Waals surface area contributed by atoms with E-state index < -0.39 is 11.7 Å². The lowest BCUT2D eigenvalue weighted by molar-refractivity contribution is -0.137. The molecule has 0 unspecified atom stereocenters. The van der Waals surface area contributed by atoms with Gasteiger partial charge in [-0.2, -0.15) is 18.3 Å². The van der Waals surface area contributed by atoms with E-state index in [0.717, 1.165) is 18.3 Å². The van der Waals surface area contributed by atoms with Crippen molar-refractivity contribution in [3.63, 3.8) is 0 Å². The van der Waals surface area contributed by atoms with E-state index in [2.05, 4.69) is 15.2 Å². The van der Waals surface area contributed by atoms with E-state index in [4.69, 9.17) is 0 Å². The van der Waals surface area contributed by atoms with Crippen LogP contribution in [0.4, 0.5) is 13.2 Å². The fraction of sp³-hybridized carbons (Fsp3) is 0.111. The predicted molar refractivity (Wildman–Crippen MR) is 54.1 cm³/mol. The van der Waals surface area contributed by atoms with Gasteiger partial charge in [-0.3, -0.25) is 10.1 Å². The summed E-state index contributed by atoms with van der Waals surface area (Å²) in [6.07, 6.45) is -1.77. The normalized spacial score (nSPS) is 10.9. The first-order valence-corrected chi connectivity index (χ1v) is 4.10. The molecular weight excluding hydrogens is 243 g/mol. The molecule has 0 aliphatic rings. The molecule has 2 heterocycles. The Labute approximate surface area is 95.1 Å². The van der Waals surface area contributed by atoms with Crippen LogP contribution in [0.3, 0.4) is 0 Å². The van der Waals surface area contributed by atoms with Gasteiger partial charge in [-0.1, -0.05) is 0 Å². The minimum atomic E-state index is -4.35. The molecule has 86 valence electrons. The maximum Gasteiger partial charge on any atom is 0.416 e. The number of aromatic amines is 1. The molecule has 0 radical (unpaired) electrons. The molecule has 0 amide bonds. The average Bonchev–Trinajstić information content (AvgIpc) is 2.69. The number of H-pyrrole nitrogens is 1. The van der Waals surface area contributed by atoms with Crippen LogP contribution in [0.2, 0.25) is 0 Å². The molecule has 3 nitrogen and oxygen atoms in total. The van der Waals surface area contributed by atoms with E-state index in [0.29, 0.717) is 5.69 Å². The number of nitrogens with one attached hydrogen (secondary N) is 1. The van der Waals surface area contributed by atoms with Crippen LogP contribution in [-0.2, 0) is 6.18 Å². The fourth-order valence-corrected chi connectivity index (χ4v) is 1.15. The summed E-state index contributed by atoms with van der Waals surface area (Å²) in [5.74, 6) is 0. The van der Waals surface area contributed by atoms with E-state index >= 15 is 0 Å². The van der Waals surface area contributed by atoms with Gasteiger partial charge in [-0.25, -0.2) is 0 Å². The van der Waals surface area contributed by atoms with Crippen molar-refractivity contribution in [1.29, 1.82) is 0 Å². The number of pyridine rings is 1. The van der Waals surface area contributed by atoms with Crippen molar-refractivity contribution in [2.45, 2.75) is 6.18 Å². The molecule has 0 saturated carbocycles. The number of hydrogen-bond donors (Lipinski definition) is 1. The van der Waals surface area contributed by atoms with Gasteiger partial charge in [0.25, 0.3) is 0 Å². The zero-order chi connectivity index (χ0) is 10.9. The number of rotatable bonds is 1. The minimum Gasteiger partial charge on any atom is -0.276 e. The Morgan fingerprint density at radius 2 is 1.88 bits per heavy atom. The first-order valence-electron chi connectivity index (χ1n) is 4.10. The number of halogens is 4. The summed E-state index contributed by atoms with van der Waals surface area (Å²) in [4.78, 5) is 3.82. The highest BCUT2D eigenvalue weighted by atomic mass is 35.5. The topological polar surface area (TPSA) is 41.6 Å². The highest BCUT2D eigenvalue weighted by Crippen LogP contribution is 2.30. The maximum atomic E-state index is 12.4. The summed E-state index contributed by atoms with van der Waals surface area (Å²) >= 11 is 0. The summed E-state index contributed by atoms with van der Waals surface area (Å²) in [5, 5.41) is 6.20. The molecule has 2 rings (SSSR count). The highest BCUT2D eigenvalue weighted by molar-refractivity contribution is 5.85. The van der Waals surface area contributed by atoms with Crippen molar-refractivity contribution in [3.05, 3.63) is 36.2 Å². The summed E-state index contributed by atoms with van der Waals surface area (Å²) in [5.41, 5.74) is -0.0366. The van der Waals surface area contributed by atoms with Gasteiger partial charge in [-0.15, -0.1) is 12.4 Å². The van der Waals surface area contributed by atoms with Gasteiger partial charge < -0.3 is 0 Å². The Morgan fingerprint density at radius 1 is 1.12 bits per heavy atom. The molecular formula is C9H7ClF3N3. The summed E-state index contributed by atoms with van der Waals surface area (Å²) in [6.45, 7) is 0. The minimum absolute atomic E-state index is 0. The second-order valence-electron chi connectivity index (χ2n) is 2.90. The van der Waals surface area contributed by atoms with E-state index in [9.17, 15) is 13.2 Å². The van der Waals surface area contributed by atoms with Gasteiger partial charge in [-0.05, 0) is 18.2 Å². The summed E-state index contributed by atoms with van der Waals surface area (Å²) < 4.78 is 37.1. The van der Waals surface area contributed by atoms with E-state index in [-0.39, 0.29) is 18.1 Å². The number of hydrogen-bond acceptors (Lipinski definition) is 2. The first kappa shape index (κ1) is 12.5. The quantitative estimate of drug-likeness (QED) is 0.844. The molecule has 2 aromatic heterocycles. The molecule has 0 spiro atoms. The fourth-order valence-electron chi connectivity index (χ4n) is 1.15. The Hall–Kier alpha value is -1.56. The van der Waals surface area contributed by atoms with Crippen LogP contribution in [0.25, 0.3) is 11.4 Å². The van der Waals surface area contributed by atoms with Gasteiger partial charge >= 0.3 is 6.18 Å². The molecule has 0 aromatic carbocycles. The van der Waals surface area contributed by atoms with Crippen LogP contribution < -0.4 is 0 Å². The average molecular weight is 250 g/mol. The van der Waals surface area contributed by atoms with Crippen LogP contribution in [0.15, 0.2) is 30.6 Å². The monoisotopic (exact) mass is 249 g/mol. The molecule has 16 heavy (non-hydrogen) atoms. The molecule has 0 aliphatic carbocycles. The second-order valence-corrected chi connectivity index (χ2v) is 2.90. The molecule has 0 atom stereocenters.